The number of nitrogens with zero attached hydrogens (tertiary/aromatic N) is 3. The summed E-state index contributed by atoms with van der Waals surface area (Å²) < 4.78 is 5.04. The summed E-state index contributed by atoms with van der Waals surface area (Å²) in [6.45, 7) is 2.15. The minimum atomic E-state index is -0.406. The maximum Gasteiger partial charge on any atom is 0.311 e. The van der Waals surface area contributed by atoms with Gasteiger partial charge in [0.25, 0.3) is 0 Å². The van der Waals surface area contributed by atoms with Gasteiger partial charge in [-0.15, -0.1) is 0 Å². The van der Waals surface area contributed by atoms with Crippen LogP contribution < -0.4 is 15.4 Å². The van der Waals surface area contributed by atoms with E-state index in [2.05, 4.69) is 4.98 Å². The number of anilines is 1. The standard InChI is InChI=1S/C12H18N4O3/c1-19-11-3-2-10(16(17)18)12(14-11)15-6-4-9(8-13)5-7-15/h2-3,9H,4-8,13H2,1H3. The van der Waals surface area contributed by atoms with Crippen molar-refractivity contribution in [2.45, 2.75) is 12.8 Å². The zero-order chi connectivity index (χ0) is 13.8. The molecule has 7 nitrogen and oxygen atoms in total. The molecule has 0 radical (unpaired) electrons. The lowest BCUT2D eigenvalue weighted by atomic mass is 9.97. The predicted octanol–water partition coefficient (Wildman–Crippen LogP) is 1.17. The van der Waals surface area contributed by atoms with Crippen LogP contribution in [0.3, 0.4) is 0 Å². The van der Waals surface area contributed by atoms with Crippen molar-refractivity contribution in [2.75, 3.05) is 31.6 Å². The number of methoxy groups -OCH3 is 1. The van der Waals surface area contributed by atoms with E-state index in [4.69, 9.17) is 10.5 Å². The molecule has 0 bridgehead atoms. The average molecular weight is 266 g/mol. The van der Waals surface area contributed by atoms with Gasteiger partial charge in [-0.2, -0.15) is 4.98 Å². The van der Waals surface area contributed by atoms with Crippen LogP contribution in [0.15, 0.2) is 12.1 Å². The Labute approximate surface area is 111 Å². The van der Waals surface area contributed by atoms with E-state index in [1.54, 1.807) is 0 Å². The second-order valence-corrected chi connectivity index (χ2v) is 4.62. The molecule has 1 saturated heterocycles. The highest BCUT2D eigenvalue weighted by molar-refractivity contribution is 5.59. The number of nitrogens with two attached hydrogens (primary N) is 1. The van der Waals surface area contributed by atoms with Crippen LogP contribution in [0.1, 0.15) is 12.8 Å². The zero-order valence-corrected chi connectivity index (χ0v) is 10.9. The van der Waals surface area contributed by atoms with Crippen LogP contribution in [-0.2, 0) is 0 Å². The van der Waals surface area contributed by atoms with E-state index >= 15 is 0 Å². The van der Waals surface area contributed by atoms with E-state index in [9.17, 15) is 10.1 Å². The quantitative estimate of drug-likeness (QED) is 0.649. The molecule has 2 N–H and O–H groups in total. The molecule has 0 aliphatic carbocycles. The monoisotopic (exact) mass is 266 g/mol. The largest absolute Gasteiger partial charge is 0.481 e. The second kappa shape index (κ2) is 5.83. The van der Waals surface area contributed by atoms with Gasteiger partial charge in [-0.05, 0) is 25.3 Å². The van der Waals surface area contributed by atoms with Gasteiger partial charge in [-0.3, -0.25) is 10.1 Å². The van der Waals surface area contributed by atoms with Crippen LogP contribution >= 0.6 is 0 Å². The Hall–Kier alpha value is -1.89. The number of hydrogen-bond acceptors (Lipinski definition) is 6. The Morgan fingerprint density at radius 1 is 1.53 bits per heavy atom. The Bertz CT molecular complexity index is 458. The average Bonchev–Trinajstić information content (AvgIpc) is 2.46. The van der Waals surface area contributed by atoms with Crippen molar-refractivity contribution < 1.29 is 9.66 Å². The van der Waals surface area contributed by atoms with Crippen molar-refractivity contribution in [1.29, 1.82) is 0 Å². The minimum Gasteiger partial charge on any atom is -0.481 e. The zero-order valence-electron chi connectivity index (χ0n) is 10.9. The van der Waals surface area contributed by atoms with Crippen LogP contribution in [0.25, 0.3) is 0 Å². The third-order valence-corrected chi connectivity index (χ3v) is 3.48. The second-order valence-electron chi connectivity index (χ2n) is 4.62. The van der Waals surface area contributed by atoms with E-state index in [1.807, 2.05) is 4.90 Å². The van der Waals surface area contributed by atoms with Crippen molar-refractivity contribution in [3.8, 4) is 5.88 Å². The summed E-state index contributed by atoms with van der Waals surface area (Å²) in [5, 5.41) is 11.1. The van der Waals surface area contributed by atoms with Gasteiger partial charge >= 0.3 is 5.69 Å². The molecule has 0 atom stereocenters. The van der Waals surface area contributed by atoms with E-state index in [0.29, 0.717) is 24.2 Å². The third-order valence-electron chi connectivity index (χ3n) is 3.48. The summed E-state index contributed by atoms with van der Waals surface area (Å²) in [5.74, 6) is 1.28. The van der Waals surface area contributed by atoms with Gasteiger partial charge in [-0.25, -0.2) is 0 Å². The van der Waals surface area contributed by atoms with Crippen LogP contribution in [0.5, 0.6) is 5.88 Å². The van der Waals surface area contributed by atoms with Gasteiger partial charge in [-0.1, -0.05) is 0 Å². The number of aromatic nitrogens is 1. The highest BCUT2D eigenvalue weighted by atomic mass is 16.6. The van der Waals surface area contributed by atoms with E-state index in [1.165, 1.54) is 19.2 Å². The smallest absolute Gasteiger partial charge is 0.311 e. The number of pyridine rings is 1. The first-order chi connectivity index (χ1) is 9.15. The van der Waals surface area contributed by atoms with Gasteiger partial charge in [0.1, 0.15) is 0 Å². The first kappa shape index (κ1) is 13.5. The first-order valence-corrected chi connectivity index (χ1v) is 6.30. The molecule has 19 heavy (non-hydrogen) atoms. The lowest BCUT2D eigenvalue weighted by Gasteiger charge is -2.31. The number of ether oxygens (including phenoxy) is 1. The molecule has 0 spiro atoms. The molecule has 1 fully saturated rings. The summed E-state index contributed by atoms with van der Waals surface area (Å²) in [6, 6.07) is 2.95. The Balaban J connectivity index is 2.24. The summed E-state index contributed by atoms with van der Waals surface area (Å²) in [6.07, 6.45) is 1.87. The molecule has 1 aromatic heterocycles. The number of hydrogen-bond donors (Lipinski definition) is 1. The minimum absolute atomic E-state index is 0.0204. The van der Waals surface area contributed by atoms with Crippen LogP contribution in [-0.4, -0.2) is 36.7 Å². The molecular formula is C12H18N4O3. The van der Waals surface area contributed by atoms with E-state index < -0.39 is 4.92 Å². The summed E-state index contributed by atoms with van der Waals surface area (Å²) in [5.41, 5.74) is 5.67. The number of piperidine rings is 1. The Kier molecular flexibility index (Phi) is 4.16. The van der Waals surface area contributed by atoms with Crippen molar-refractivity contribution in [2.24, 2.45) is 11.7 Å². The molecule has 1 aromatic rings. The van der Waals surface area contributed by atoms with Gasteiger partial charge in [0.2, 0.25) is 11.7 Å². The molecule has 0 saturated carbocycles. The maximum absolute atomic E-state index is 11.1. The number of nitro groups is 1. The highest BCUT2D eigenvalue weighted by Crippen LogP contribution is 2.31. The Morgan fingerprint density at radius 3 is 2.74 bits per heavy atom. The van der Waals surface area contributed by atoms with Crippen molar-refractivity contribution in [1.82, 2.24) is 4.98 Å². The molecule has 2 heterocycles. The summed E-state index contributed by atoms with van der Waals surface area (Å²) in [4.78, 5) is 16.8. The molecule has 0 amide bonds. The molecule has 2 rings (SSSR count). The normalized spacial score (nSPS) is 16.4. The molecular weight excluding hydrogens is 248 g/mol. The summed E-state index contributed by atoms with van der Waals surface area (Å²) in [7, 11) is 1.50. The predicted molar refractivity (Wildman–Crippen MR) is 71.4 cm³/mol. The fourth-order valence-electron chi connectivity index (χ4n) is 2.29. The fourth-order valence-corrected chi connectivity index (χ4v) is 2.29. The lowest BCUT2D eigenvalue weighted by Crippen LogP contribution is -2.36. The molecule has 0 aromatic carbocycles. The van der Waals surface area contributed by atoms with E-state index in [0.717, 1.165) is 25.9 Å². The van der Waals surface area contributed by atoms with Gasteiger partial charge in [0, 0.05) is 25.2 Å². The molecule has 104 valence electrons. The van der Waals surface area contributed by atoms with Crippen LogP contribution in [0, 0.1) is 16.0 Å². The Morgan fingerprint density at radius 2 is 2.21 bits per heavy atom. The van der Waals surface area contributed by atoms with Crippen LogP contribution in [0.4, 0.5) is 11.5 Å². The summed E-state index contributed by atoms with van der Waals surface area (Å²) >= 11 is 0. The lowest BCUT2D eigenvalue weighted by molar-refractivity contribution is -0.384. The third kappa shape index (κ3) is 2.93. The SMILES string of the molecule is COc1ccc([N+](=O)[O-])c(N2CCC(CN)CC2)n1. The molecule has 0 unspecified atom stereocenters. The van der Waals surface area contributed by atoms with Crippen molar-refractivity contribution >= 4 is 11.5 Å². The van der Waals surface area contributed by atoms with Gasteiger partial charge in [0.15, 0.2) is 0 Å². The molecule has 7 heteroatoms. The topological polar surface area (TPSA) is 94.5 Å². The van der Waals surface area contributed by atoms with Gasteiger partial charge < -0.3 is 15.4 Å². The van der Waals surface area contributed by atoms with Crippen LogP contribution in [0.2, 0.25) is 0 Å². The first-order valence-electron chi connectivity index (χ1n) is 6.30. The fraction of sp³-hybridized carbons (Fsp3) is 0.583. The van der Waals surface area contributed by atoms with Crippen molar-refractivity contribution in [3.63, 3.8) is 0 Å². The number of rotatable bonds is 4. The van der Waals surface area contributed by atoms with E-state index in [-0.39, 0.29) is 5.69 Å². The van der Waals surface area contributed by atoms with Crippen molar-refractivity contribution in [3.05, 3.63) is 22.2 Å². The molecule has 1 aliphatic heterocycles. The highest BCUT2D eigenvalue weighted by Gasteiger charge is 2.26. The van der Waals surface area contributed by atoms with Gasteiger partial charge in [0.05, 0.1) is 12.0 Å². The molecule has 1 aliphatic rings. The maximum atomic E-state index is 11.1.